The number of nitrogens with one attached hydrogen (secondary N) is 1. The third kappa shape index (κ3) is 5.08. The molecule has 1 amide bonds. The number of hydrogen-bond acceptors (Lipinski definition) is 5. The van der Waals surface area contributed by atoms with Crippen LogP contribution >= 0.6 is 0 Å². The molecular formula is C20H28N4O3. The van der Waals surface area contributed by atoms with Crippen molar-refractivity contribution < 1.29 is 14.3 Å². The minimum Gasteiger partial charge on any atom is -0.496 e. The SMILES string of the molecule is COc1ccccc1CCNC(=O)C1CN(Cc2cn(C)nc2C)CCO1. The van der Waals surface area contributed by atoms with Gasteiger partial charge in [0.1, 0.15) is 11.9 Å². The number of amides is 1. The zero-order valence-electron chi connectivity index (χ0n) is 16.3. The van der Waals surface area contributed by atoms with Gasteiger partial charge in [0.05, 0.1) is 19.4 Å². The van der Waals surface area contributed by atoms with Crippen LogP contribution in [0.2, 0.25) is 0 Å². The highest BCUT2D eigenvalue weighted by molar-refractivity contribution is 5.81. The van der Waals surface area contributed by atoms with E-state index in [1.807, 2.05) is 49.1 Å². The molecule has 1 aromatic heterocycles. The van der Waals surface area contributed by atoms with Crippen LogP contribution in [0.5, 0.6) is 5.75 Å². The van der Waals surface area contributed by atoms with Gasteiger partial charge < -0.3 is 14.8 Å². The van der Waals surface area contributed by atoms with Crippen molar-refractivity contribution in [2.24, 2.45) is 7.05 Å². The number of nitrogens with zero attached hydrogens (tertiary/aromatic N) is 3. The van der Waals surface area contributed by atoms with Crippen molar-refractivity contribution in [3.63, 3.8) is 0 Å². The van der Waals surface area contributed by atoms with E-state index in [1.165, 1.54) is 5.56 Å². The summed E-state index contributed by atoms with van der Waals surface area (Å²) in [6, 6.07) is 7.86. The maximum Gasteiger partial charge on any atom is 0.250 e. The van der Waals surface area contributed by atoms with E-state index in [9.17, 15) is 4.79 Å². The minimum absolute atomic E-state index is 0.0579. The fourth-order valence-electron chi connectivity index (χ4n) is 3.39. The Morgan fingerprint density at radius 1 is 1.37 bits per heavy atom. The molecule has 27 heavy (non-hydrogen) atoms. The van der Waals surface area contributed by atoms with Crippen LogP contribution in [-0.2, 0) is 29.5 Å². The lowest BCUT2D eigenvalue weighted by Gasteiger charge is -2.32. The Bertz CT molecular complexity index is 774. The fourth-order valence-corrected chi connectivity index (χ4v) is 3.39. The number of rotatable bonds is 7. The molecule has 7 heteroatoms. The molecule has 1 N–H and O–H groups in total. The molecule has 0 bridgehead atoms. The molecule has 1 fully saturated rings. The van der Waals surface area contributed by atoms with E-state index in [4.69, 9.17) is 9.47 Å². The second-order valence-electron chi connectivity index (χ2n) is 6.86. The summed E-state index contributed by atoms with van der Waals surface area (Å²) in [6.07, 6.45) is 2.32. The molecular weight excluding hydrogens is 344 g/mol. The lowest BCUT2D eigenvalue weighted by Crippen LogP contribution is -2.49. The number of para-hydroxylation sites is 1. The van der Waals surface area contributed by atoms with Gasteiger partial charge in [-0.05, 0) is 25.0 Å². The maximum absolute atomic E-state index is 12.5. The summed E-state index contributed by atoms with van der Waals surface area (Å²) in [6.45, 7) is 5.32. The smallest absolute Gasteiger partial charge is 0.250 e. The number of benzene rings is 1. The van der Waals surface area contributed by atoms with Crippen LogP contribution in [0.3, 0.4) is 0 Å². The lowest BCUT2D eigenvalue weighted by molar-refractivity contribution is -0.138. The zero-order chi connectivity index (χ0) is 19.2. The molecule has 146 valence electrons. The average molecular weight is 372 g/mol. The van der Waals surface area contributed by atoms with E-state index < -0.39 is 6.10 Å². The Balaban J connectivity index is 1.48. The number of carbonyl (C=O) groups excluding carboxylic acids is 1. The maximum atomic E-state index is 12.5. The molecule has 1 unspecified atom stereocenters. The van der Waals surface area contributed by atoms with Crippen LogP contribution in [0.25, 0.3) is 0 Å². The first kappa shape index (κ1) is 19.4. The van der Waals surface area contributed by atoms with Crippen molar-refractivity contribution in [2.45, 2.75) is 26.0 Å². The summed E-state index contributed by atoms with van der Waals surface area (Å²) < 4.78 is 12.9. The molecule has 1 saturated heterocycles. The molecule has 1 atom stereocenters. The average Bonchev–Trinajstić information content (AvgIpc) is 2.99. The van der Waals surface area contributed by atoms with Gasteiger partial charge in [0.2, 0.25) is 5.91 Å². The van der Waals surface area contributed by atoms with Crippen LogP contribution in [0, 0.1) is 6.92 Å². The van der Waals surface area contributed by atoms with Gasteiger partial charge in [0.25, 0.3) is 0 Å². The Morgan fingerprint density at radius 2 is 2.19 bits per heavy atom. The predicted molar refractivity (Wildman–Crippen MR) is 103 cm³/mol. The van der Waals surface area contributed by atoms with E-state index >= 15 is 0 Å². The van der Waals surface area contributed by atoms with Crippen LogP contribution in [0.4, 0.5) is 0 Å². The van der Waals surface area contributed by atoms with Gasteiger partial charge in [-0.15, -0.1) is 0 Å². The molecule has 7 nitrogen and oxygen atoms in total. The predicted octanol–water partition coefficient (Wildman–Crippen LogP) is 1.30. The molecule has 2 aromatic rings. The molecule has 2 heterocycles. The number of methoxy groups -OCH3 is 1. The van der Waals surface area contributed by atoms with E-state index in [-0.39, 0.29) is 5.91 Å². The van der Waals surface area contributed by atoms with Gasteiger partial charge >= 0.3 is 0 Å². The molecule has 1 aliphatic heterocycles. The number of hydrogen-bond donors (Lipinski definition) is 1. The van der Waals surface area contributed by atoms with E-state index in [1.54, 1.807) is 7.11 Å². The third-order valence-corrected chi connectivity index (χ3v) is 4.84. The number of carbonyl (C=O) groups is 1. The van der Waals surface area contributed by atoms with Crippen molar-refractivity contribution in [3.05, 3.63) is 47.3 Å². The van der Waals surface area contributed by atoms with Crippen LogP contribution in [-0.4, -0.2) is 60.0 Å². The van der Waals surface area contributed by atoms with Crippen molar-refractivity contribution in [2.75, 3.05) is 33.4 Å². The van der Waals surface area contributed by atoms with Crippen molar-refractivity contribution in [3.8, 4) is 5.75 Å². The summed E-state index contributed by atoms with van der Waals surface area (Å²) >= 11 is 0. The number of aryl methyl sites for hydroxylation is 2. The van der Waals surface area contributed by atoms with Gasteiger partial charge in [-0.1, -0.05) is 18.2 Å². The molecule has 3 rings (SSSR count). The summed E-state index contributed by atoms with van der Waals surface area (Å²) in [7, 11) is 3.58. The Labute approximate surface area is 160 Å². The van der Waals surface area contributed by atoms with Gasteiger partial charge in [-0.2, -0.15) is 5.10 Å². The second-order valence-corrected chi connectivity index (χ2v) is 6.86. The fraction of sp³-hybridized carbons (Fsp3) is 0.500. The first-order valence-corrected chi connectivity index (χ1v) is 9.29. The molecule has 0 aliphatic carbocycles. The molecule has 0 saturated carbocycles. The summed E-state index contributed by atoms with van der Waals surface area (Å²) in [5.41, 5.74) is 3.30. The third-order valence-electron chi connectivity index (χ3n) is 4.84. The standard InChI is InChI=1S/C20H28N4O3/c1-15-17(12-23(2)22-15)13-24-10-11-27-19(14-24)20(25)21-9-8-16-6-4-5-7-18(16)26-3/h4-7,12,19H,8-11,13-14H2,1-3H3,(H,21,25). The zero-order valence-corrected chi connectivity index (χ0v) is 16.3. The first-order valence-electron chi connectivity index (χ1n) is 9.29. The van der Waals surface area contributed by atoms with Gasteiger partial charge in [0, 0.05) is 45.0 Å². The van der Waals surface area contributed by atoms with Crippen molar-refractivity contribution in [1.29, 1.82) is 0 Å². The van der Waals surface area contributed by atoms with E-state index in [0.717, 1.165) is 36.5 Å². The van der Waals surface area contributed by atoms with Crippen LogP contribution < -0.4 is 10.1 Å². The van der Waals surface area contributed by atoms with Crippen LogP contribution in [0.15, 0.2) is 30.5 Å². The first-order chi connectivity index (χ1) is 13.1. The Kier molecular flexibility index (Phi) is 6.47. The Morgan fingerprint density at radius 3 is 2.93 bits per heavy atom. The highest BCUT2D eigenvalue weighted by Crippen LogP contribution is 2.17. The van der Waals surface area contributed by atoms with Gasteiger partial charge in [-0.25, -0.2) is 0 Å². The van der Waals surface area contributed by atoms with E-state index in [2.05, 4.69) is 15.3 Å². The summed E-state index contributed by atoms with van der Waals surface area (Å²) in [5, 5.41) is 7.37. The van der Waals surface area contributed by atoms with Crippen molar-refractivity contribution in [1.82, 2.24) is 20.0 Å². The molecule has 0 spiro atoms. The van der Waals surface area contributed by atoms with Gasteiger partial charge in [-0.3, -0.25) is 14.4 Å². The quantitative estimate of drug-likeness (QED) is 0.793. The van der Waals surface area contributed by atoms with Crippen LogP contribution in [0.1, 0.15) is 16.8 Å². The monoisotopic (exact) mass is 372 g/mol. The summed E-state index contributed by atoms with van der Waals surface area (Å²) in [4.78, 5) is 14.7. The minimum atomic E-state index is -0.437. The second kappa shape index (κ2) is 9.01. The number of morpholine rings is 1. The van der Waals surface area contributed by atoms with E-state index in [0.29, 0.717) is 19.7 Å². The largest absolute Gasteiger partial charge is 0.496 e. The van der Waals surface area contributed by atoms with Gasteiger partial charge in [0.15, 0.2) is 0 Å². The number of aromatic nitrogens is 2. The number of ether oxygens (including phenoxy) is 2. The molecule has 0 radical (unpaired) electrons. The summed E-state index contributed by atoms with van der Waals surface area (Å²) in [5.74, 6) is 0.788. The molecule has 1 aliphatic rings. The van der Waals surface area contributed by atoms with Crippen molar-refractivity contribution >= 4 is 5.91 Å². The highest BCUT2D eigenvalue weighted by Gasteiger charge is 2.27. The molecule has 1 aromatic carbocycles. The lowest BCUT2D eigenvalue weighted by atomic mass is 10.1. The topological polar surface area (TPSA) is 68.6 Å². The highest BCUT2D eigenvalue weighted by atomic mass is 16.5. The Hall–Kier alpha value is -2.38. The normalized spacial score (nSPS) is 17.7.